The number of rotatable bonds is 2. The Labute approximate surface area is 120 Å². The molecule has 0 saturated carbocycles. The number of fused-ring (bicyclic) bond motifs is 1. The summed E-state index contributed by atoms with van der Waals surface area (Å²) in [6.45, 7) is 1.98. The van der Waals surface area contributed by atoms with E-state index in [2.05, 4.69) is 21.2 Å². The fourth-order valence-corrected chi connectivity index (χ4v) is 5.00. The third kappa shape index (κ3) is 2.22. The van der Waals surface area contributed by atoms with Gasteiger partial charge in [-0.1, -0.05) is 15.9 Å². The molecule has 19 heavy (non-hydrogen) atoms. The molecule has 0 bridgehead atoms. The molecule has 1 N–H and O–H groups in total. The van der Waals surface area contributed by atoms with Gasteiger partial charge in [0.2, 0.25) is 10.0 Å². The third-order valence-electron chi connectivity index (χ3n) is 3.87. The van der Waals surface area contributed by atoms with Crippen LogP contribution in [0.5, 0.6) is 0 Å². The topological polar surface area (TPSA) is 49.4 Å². The quantitative estimate of drug-likeness (QED) is 0.882. The molecular formula is C12H14BrFN2O2S. The monoisotopic (exact) mass is 348 g/mol. The minimum Gasteiger partial charge on any atom is -0.315 e. The number of sulfonamides is 1. The first kappa shape index (κ1) is 13.5. The molecule has 0 aromatic heterocycles. The van der Waals surface area contributed by atoms with Crippen molar-refractivity contribution in [3.8, 4) is 0 Å². The molecule has 3 rings (SSSR count). The molecule has 0 radical (unpaired) electrons. The summed E-state index contributed by atoms with van der Waals surface area (Å²) in [6.07, 6.45) is 0.842. The zero-order chi connectivity index (χ0) is 13.6. The van der Waals surface area contributed by atoms with E-state index in [0.29, 0.717) is 23.5 Å². The molecule has 4 nitrogen and oxygen atoms in total. The van der Waals surface area contributed by atoms with Crippen molar-refractivity contribution < 1.29 is 12.8 Å². The Morgan fingerprint density at radius 3 is 2.89 bits per heavy atom. The highest BCUT2D eigenvalue weighted by Crippen LogP contribution is 2.33. The summed E-state index contributed by atoms with van der Waals surface area (Å²) in [4.78, 5) is -0.233. The largest absolute Gasteiger partial charge is 0.315 e. The second-order valence-electron chi connectivity index (χ2n) is 4.96. The lowest BCUT2D eigenvalue weighted by Gasteiger charge is -2.23. The molecule has 2 saturated heterocycles. The van der Waals surface area contributed by atoms with Gasteiger partial charge in [-0.15, -0.1) is 0 Å². The first-order valence-electron chi connectivity index (χ1n) is 6.18. The fourth-order valence-electron chi connectivity index (χ4n) is 2.92. The minimum absolute atomic E-state index is 0.0342. The van der Waals surface area contributed by atoms with Crippen LogP contribution < -0.4 is 5.32 Å². The fraction of sp³-hybridized carbons (Fsp3) is 0.500. The smallest absolute Gasteiger partial charge is 0.246 e. The van der Waals surface area contributed by atoms with Crippen molar-refractivity contribution in [3.05, 3.63) is 28.5 Å². The van der Waals surface area contributed by atoms with Crippen LogP contribution in [-0.2, 0) is 10.0 Å². The molecule has 1 aromatic rings. The summed E-state index contributed by atoms with van der Waals surface area (Å²) in [5, 5.41) is 3.19. The van der Waals surface area contributed by atoms with E-state index >= 15 is 0 Å². The Morgan fingerprint density at radius 2 is 2.16 bits per heavy atom. The molecule has 2 aliphatic heterocycles. The summed E-state index contributed by atoms with van der Waals surface area (Å²) in [7, 11) is -3.74. The molecule has 2 fully saturated rings. The average Bonchev–Trinajstić information content (AvgIpc) is 2.88. The normalized spacial score (nSPS) is 27.7. The molecule has 0 aliphatic carbocycles. The van der Waals surface area contributed by atoms with E-state index in [4.69, 9.17) is 0 Å². The summed E-state index contributed by atoms with van der Waals surface area (Å²) in [6, 6.07) is 4.03. The molecular weight excluding hydrogens is 335 g/mol. The van der Waals surface area contributed by atoms with Gasteiger partial charge in [-0.2, -0.15) is 4.31 Å². The summed E-state index contributed by atoms with van der Waals surface area (Å²) >= 11 is 3.13. The molecule has 2 heterocycles. The Hall–Kier alpha value is -0.500. The van der Waals surface area contributed by atoms with E-state index in [9.17, 15) is 12.8 Å². The highest BCUT2D eigenvalue weighted by Gasteiger charge is 2.44. The maximum atomic E-state index is 13.9. The van der Waals surface area contributed by atoms with Gasteiger partial charge in [-0.05, 0) is 37.1 Å². The zero-order valence-electron chi connectivity index (χ0n) is 10.1. The van der Waals surface area contributed by atoms with Crippen LogP contribution in [0, 0.1) is 11.7 Å². The van der Waals surface area contributed by atoms with E-state index in [0.717, 1.165) is 13.0 Å². The van der Waals surface area contributed by atoms with Crippen molar-refractivity contribution in [2.75, 3.05) is 19.6 Å². The van der Waals surface area contributed by atoms with Crippen LogP contribution in [-0.4, -0.2) is 38.4 Å². The van der Waals surface area contributed by atoms with Crippen molar-refractivity contribution in [2.24, 2.45) is 5.92 Å². The van der Waals surface area contributed by atoms with Crippen molar-refractivity contribution in [1.82, 2.24) is 9.62 Å². The Balaban J connectivity index is 1.98. The summed E-state index contributed by atoms with van der Waals surface area (Å²) in [5.41, 5.74) is 0. The second-order valence-corrected chi connectivity index (χ2v) is 7.74. The van der Waals surface area contributed by atoms with Gasteiger partial charge >= 0.3 is 0 Å². The Kier molecular flexibility index (Phi) is 3.41. The van der Waals surface area contributed by atoms with Gasteiger partial charge in [0.05, 0.1) is 0 Å². The number of halogens is 2. The number of nitrogens with zero attached hydrogens (tertiary/aromatic N) is 1. The summed E-state index contributed by atoms with van der Waals surface area (Å²) < 4.78 is 41.0. The average molecular weight is 349 g/mol. The van der Waals surface area contributed by atoms with Crippen molar-refractivity contribution >= 4 is 26.0 Å². The van der Waals surface area contributed by atoms with Crippen LogP contribution in [0.3, 0.4) is 0 Å². The van der Waals surface area contributed by atoms with Gasteiger partial charge in [0, 0.05) is 23.6 Å². The van der Waals surface area contributed by atoms with Crippen LogP contribution in [0.2, 0.25) is 0 Å². The SMILES string of the molecule is O=S(=O)(c1ccc(Br)cc1F)N1CC[C@H]2CNC[C@H]21. The van der Waals surface area contributed by atoms with E-state index in [-0.39, 0.29) is 10.9 Å². The lowest BCUT2D eigenvalue weighted by molar-refractivity contribution is 0.380. The van der Waals surface area contributed by atoms with Crippen molar-refractivity contribution in [1.29, 1.82) is 0 Å². The zero-order valence-corrected chi connectivity index (χ0v) is 12.5. The van der Waals surface area contributed by atoms with Crippen LogP contribution in [0.1, 0.15) is 6.42 Å². The highest BCUT2D eigenvalue weighted by atomic mass is 79.9. The lowest BCUT2D eigenvalue weighted by atomic mass is 10.1. The number of hydrogen-bond donors (Lipinski definition) is 1. The number of nitrogens with one attached hydrogen (secondary N) is 1. The maximum absolute atomic E-state index is 13.9. The van der Waals surface area contributed by atoms with Gasteiger partial charge in [-0.3, -0.25) is 0 Å². The van der Waals surface area contributed by atoms with Crippen molar-refractivity contribution in [3.63, 3.8) is 0 Å². The standard InChI is InChI=1S/C12H14BrFN2O2S/c13-9-1-2-12(10(14)5-9)19(17,18)16-4-3-8-6-15-7-11(8)16/h1-2,5,8,11,15H,3-4,6-7H2/t8-,11+/m0/s1. The van der Waals surface area contributed by atoms with Gasteiger partial charge in [0.1, 0.15) is 10.7 Å². The van der Waals surface area contributed by atoms with Crippen LogP contribution in [0.15, 0.2) is 27.6 Å². The third-order valence-corrected chi connectivity index (χ3v) is 6.33. The molecule has 1 aromatic carbocycles. The molecule has 2 aliphatic rings. The summed E-state index contributed by atoms with van der Waals surface area (Å²) in [5.74, 6) is -0.350. The molecule has 0 unspecified atom stereocenters. The molecule has 104 valence electrons. The predicted octanol–water partition coefficient (Wildman–Crippen LogP) is 1.57. The molecule has 0 spiro atoms. The second kappa shape index (κ2) is 4.80. The van der Waals surface area contributed by atoms with Gasteiger partial charge in [-0.25, -0.2) is 12.8 Å². The van der Waals surface area contributed by atoms with Crippen LogP contribution >= 0.6 is 15.9 Å². The highest BCUT2D eigenvalue weighted by molar-refractivity contribution is 9.10. The van der Waals surface area contributed by atoms with Gasteiger partial charge in [0.15, 0.2) is 0 Å². The maximum Gasteiger partial charge on any atom is 0.246 e. The first-order chi connectivity index (χ1) is 9.00. The van der Waals surface area contributed by atoms with Crippen LogP contribution in [0.25, 0.3) is 0 Å². The first-order valence-corrected chi connectivity index (χ1v) is 8.41. The Morgan fingerprint density at radius 1 is 1.37 bits per heavy atom. The van der Waals surface area contributed by atoms with E-state index < -0.39 is 15.8 Å². The minimum atomic E-state index is -3.74. The molecule has 2 atom stereocenters. The number of benzene rings is 1. The predicted molar refractivity (Wildman–Crippen MR) is 72.8 cm³/mol. The van der Waals surface area contributed by atoms with E-state index in [1.54, 1.807) is 6.07 Å². The van der Waals surface area contributed by atoms with E-state index in [1.165, 1.54) is 16.4 Å². The molecule has 0 amide bonds. The number of hydrogen-bond acceptors (Lipinski definition) is 3. The molecule has 7 heteroatoms. The van der Waals surface area contributed by atoms with E-state index in [1.807, 2.05) is 0 Å². The van der Waals surface area contributed by atoms with Crippen LogP contribution in [0.4, 0.5) is 4.39 Å². The van der Waals surface area contributed by atoms with Gasteiger partial charge < -0.3 is 5.32 Å². The Bertz CT molecular complexity index is 608. The lowest BCUT2D eigenvalue weighted by Crippen LogP contribution is -2.39. The van der Waals surface area contributed by atoms with Gasteiger partial charge in [0.25, 0.3) is 0 Å². The van der Waals surface area contributed by atoms with Crippen molar-refractivity contribution in [2.45, 2.75) is 17.4 Å².